The van der Waals surface area contributed by atoms with E-state index in [1.807, 2.05) is 52.1 Å². The van der Waals surface area contributed by atoms with Crippen LogP contribution in [0.5, 0.6) is 0 Å². The van der Waals surface area contributed by atoms with Crippen molar-refractivity contribution >= 4 is 17.6 Å². The Kier molecular flexibility index (Phi) is 5.39. The summed E-state index contributed by atoms with van der Waals surface area (Å²) in [6.45, 7) is 7.22. The van der Waals surface area contributed by atoms with E-state index in [2.05, 4.69) is 10.4 Å². The number of ether oxygens (including phenoxy) is 1. The van der Waals surface area contributed by atoms with Gasteiger partial charge in [0.25, 0.3) is 5.91 Å². The zero-order valence-corrected chi connectivity index (χ0v) is 14.7. The first-order valence-corrected chi connectivity index (χ1v) is 7.84. The van der Waals surface area contributed by atoms with Gasteiger partial charge in [0.2, 0.25) is 0 Å². The maximum absolute atomic E-state index is 12.2. The third-order valence-corrected chi connectivity index (χ3v) is 3.90. The van der Waals surface area contributed by atoms with Crippen LogP contribution in [0.3, 0.4) is 0 Å². The van der Waals surface area contributed by atoms with Crippen molar-refractivity contribution in [1.29, 1.82) is 0 Å². The predicted molar refractivity (Wildman–Crippen MR) is 91.7 cm³/mol. The van der Waals surface area contributed by atoms with Gasteiger partial charge < -0.3 is 10.1 Å². The summed E-state index contributed by atoms with van der Waals surface area (Å²) in [5, 5.41) is 7.02. The van der Waals surface area contributed by atoms with Crippen LogP contribution in [0.2, 0.25) is 0 Å². The van der Waals surface area contributed by atoms with Crippen molar-refractivity contribution in [3.8, 4) is 0 Å². The van der Waals surface area contributed by atoms with Crippen LogP contribution < -0.4 is 5.32 Å². The molecule has 1 amide bonds. The Morgan fingerprint density at radius 2 is 1.83 bits per heavy atom. The molecule has 2 aromatic rings. The highest BCUT2D eigenvalue weighted by Gasteiger charge is 2.20. The SMILES string of the molecule is Cc1ccc(CC(=O)OC(C)C(=O)Nc2c(C)nn(C)c2C)cc1. The fourth-order valence-corrected chi connectivity index (χ4v) is 2.34. The molecule has 128 valence electrons. The highest BCUT2D eigenvalue weighted by molar-refractivity contribution is 5.96. The molecule has 0 fully saturated rings. The van der Waals surface area contributed by atoms with Gasteiger partial charge in [-0.1, -0.05) is 29.8 Å². The van der Waals surface area contributed by atoms with Crippen LogP contribution in [0.15, 0.2) is 24.3 Å². The van der Waals surface area contributed by atoms with Crippen molar-refractivity contribution < 1.29 is 14.3 Å². The zero-order valence-electron chi connectivity index (χ0n) is 14.7. The lowest BCUT2D eigenvalue weighted by atomic mass is 10.1. The topological polar surface area (TPSA) is 73.2 Å². The summed E-state index contributed by atoms with van der Waals surface area (Å²) < 4.78 is 6.92. The fourth-order valence-electron chi connectivity index (χ4n) is 2.34. The normalized spacial score (nSPS) is 11.9. The fraction of sp³-hybridized carbons (Fsp3) is 0.389. The quantitative estimate of drug-likeness (QED) is 0.855. The molecule has 24 heavy (non-hydrogen) atoms. The van der Waals surface area contributed by atoms with Crippen molar-refractivity contribution in [2.45, 2.75) is 40.2 Å². The molecule has 1 heterocycles. The van der Waals surface area contributed by atoms with E-state index in [1.165, 1.54) is 0 Å². The number of rotatable bonds is 5. The average Bonchev–Trinajstić information content (AvgIpc) is 2.75. The summed E-state index contributed by atoms with van der Waals surface area (Å²) in [6.07, 6.45) is -0.731. The van der Waals surface area contributed by atoms with Gasteiger partial charge in [-0.25, -0.2) is 0 Å². The van der Waals surface area contributed by atoms with Gasteiger partial charge in [-0.05, 0) is 33.3 Å². The molecule has 0 spiro atoms. The van der Waals surface area contributed by atoms with Crippen molar-refractivity contribution in [3.63, 3.8) is 0 Å². The lowest BCUT2D eigenvalue weighted by molar-refractivity contribution is -0.152. The maximum atomic E-state index is 12.2. The number of benzene rings is 1. The van der Waals surface area contributed by atoms with Gasteiger partial charge in [0.1, 0.15) is 0 Å². The van der Waals surface area contributed by atoms with Crippen LogP contribution in [-0.4, -0.2) is 27.8 Å². The Labute approximate surface area is 141 Å². The second-order valence-electron chi connectivity index (χ2n) is 5.95. The van der Waals surface area contributed by atoms with Gasteiger partial charge in [0.05, 0.1) is 23.5 Å². The van der Waals surface area contributed by atoms with Crippen LogP contribution in [0.1, 0.15) is 29.4 Å². The van der Waals surface area contributed by atoms with Crippen LogP contribution >= 0.6 is 0 Å². The summed E-state index contributed by atoms with van der Waals surface area (Å²) in [7, 11) is 1.81. The summed E-state index contributed by atoms with van der Waals surface area (Å²) >= 11 is 0. The number of hydrogen-bond donors (Lipinski definition) is 1. The van der Waals surface area contributed by atoms with Crippen LogP contribution in [0.4, 0.5) is 5.69 Å². The summed E-state index contributed by atoms with van der Waals surface area (Å²) in [4.78, 5) is 24.2. The number of aromatic nitrogens is 2. The molecule has 6 nitrogen and oxygen atoms in total. The summed E-state index contributed by atoms with van der Waals surface area (Å²) in [5.74, 6) is -0.799. The van der Waals surface area contributed by atoms with Crippen molar-refractivity contribution in [3.05, 3.63) is 46.8 Å². The third kappa shape index (κ3) is 4.22. The molecular formula is C18H23N3O3. The average molecular weight is 329 g/mol. The first kappa shape index (κ1) is 17.7. The van der Waals surface area contributed by atoms with E-state index >= 15 is 0 Å². The lowest BCUT2D eigenvalue weighted by Crippen LogP contribution is -2.30. The van der Waals surface area contributed by atoms with E-state index in [0.29, 0.717) is 5.69 Å². The molecular weight excluding hydrogens is 306 g/mol. The molecule has 0 radical (unpaired) electrons. The van der Waals surface area contributed by atoms with Crippen molar-refractivity contribution in [2.75, 3.05) is 5.32 Å². The molecule has 0 bridgehead atoms. The standard InChI is InChI=1S/C18H23N3O3/c1-11-6-8-15(9-7-11)10-16(22)24-14(4)18(23)19-17-12(2)20-21(5)13(17)3/h6-9,14H,10H2,1-5H3,(H,19,23). The number of nitrogens with zero attached hydrogens (tertiary/aromatic N) is 2. The Morgan fingerprint density at radius 3 is 2.38 bits per heavy atom. The van der Waals surface area contributed by atoms with Crippen molar-refractivity contribution in [2.24, 2.45) is 7.05 Å². The molecule has 1 atom stereocenters. The number of anilines is 1. The van der Waals surface area contributed by atoms with E-state index in [4.69, 9.17) is 4.74 Å². The third-order valence-electron chi connectivity index (χ3n) is 3.90. The minimum absolute atomic E-state index is 0.142. The van der Waals surface area contributed by atoms with Gasteiger partial charge >= 0.3 is 5.97 Å². The minimum Gasteiger partial charge on any atom is -0.452 e. The van der Waals surface area contributed by atoms with E-state index < -0.39 is 12.1 Å². The molecule has 1 aromatic carbocycles. The second kappa shape index (κ2) is 7.29. The lowest BCUT2D eigenvalue weighted by Gasteiger charge is -2.14. The van der Waals surface area contributed by atoms with Crippen molar-refractivity contribution in [1.82, 2.24) is 9.78 Å². The molecule has 2 rings (SSSR count). The largest absolute Gasteiger partial charge is 0.452 e. The van der Waals surface area contributed by atoms with Gasteiger partial charge in [0, 0.05) is 7.05 Å². The number of esters is 1. The van der Waals surface area contributed by atoms with Gasteiger partial charge in [-0.15, -0.1) is 0 Å². The highest BCUT2D eigenvalue weighted by atomic mass is 16.5. The Morgan fingerprint density at radius 1 is 1.21 bits per heavy atom. The zero-order chi connectivity index (χ0) is 17.9. The van der Waals surface area contributed by atoms with E-state index in [9.17, 15) is 9.59 Å². The van der Waals surface area contributed by atoms with Gasteiger partial charge in [0.15, 0.2) is 6.10 Å². The predicted octanol–water partition coefficient (Wildman–Crippen LogP) is 2.46. The first-order chi connectivity index (χ1) is 11.3. The Hall–Kier alpha value is -2.63. The molecule has 1 aromatic heterocycles. The summed E-state index contributed by atoms with van der Waals surface area (Å²) in [6, 6.07) is 7.63. The number of hydrogen-bond acceptors (Lipinski definition) is 4. The number of aryl methyl sites for hydroxylation is 3. The second-order valence-corrected chi connectivity index (χ2v) is 5.95. The molecule has 0 saturated heterocycles. The number of carbonyl (C=O) groups is 2. The highest BCUT2D eigenvalue weighted by Crippen LogP contribution is 2.18. The smallest absolute Gasteiger partial charge is 0.311 e. The molecule has 0 saturated carbocycles. The maximum Gasteiger partial charge on any atom is 0.311 e. The number of carbonyl (C=O) groups excluding carboxylic acids is 2. The monoisotopic (exact) mass is 329 g/mol. The Bertz CT molecular complexity index is 748. The molecule has 0 aliphatic heterocycles. The van der Waals surface area contributed by atoms with Gasteiger partial charge in [-0.2, -0.15) is 5.10 Å². The van der Waals surface area contributed by atoms with Gasteiger partial charge in [-0.3, -0.25) is 14.3 Å². The van der Waals surface area contributed by atoms with E-state index in [1.54, 1.807) is 11.6 Å². The first-order valence-electron chi connectivity index (χ1n) is 7.84. The molecule has 6 heteroatoms. The summed E-state index contributed by atoms with van der Waals surface area (Å²) in [5.41, 5.74) is 4.21. The van der Waals surface area contributed by atoms with Crippen LogP contribution in [0.25, 0.3) is 0 Å². The van der Waals surface area contributed by atoms with Crippen LogP contribution in [-0.2, 0) is 27.8 Å². The number of amides is 1. The molecule has 0 aliphatic carbocycles. The minimum atomic E-state index is -0.873. The van der Waals surface area contributed by atoms with E-state index in [0.717, 1.165) is 22.5 Å². The molecule has 1 unspecified atom stereocenters. The Balaban J connectivity index is 1.93. The number of nitrogens with one attached hydrogen (secondary N) is 1. The molecule has 0 aliphatic rings. The van der Waals surface area contributed by atoms with Crippen LogP contribution in [0, 0.1) is 20.8 Å². The van der Waals surface area contributed by atoms with E-state index in [-0.39, 0.29) is 12.3 Å². The molecule has 1 N–H and O–H groups in total.